The largest absolute Gasteiger partial charge is 0.480 e. The number of amides is 3. The number of hydrogen-bond donors (Lipinski definition) is 5. The van der Waals surface area contributed by atoms with Gasteiger partial charge in [-0.25, -0.2) is 9.59 Å². The third-order valence-electron chi connectivity index (χ3n) is 5.24. The molecule has 0 heterocycles. The molecule has 8 nitrogen and oxygen atoms in total. The molecule has 1 rings (SSSR count). The summed E-state index contributed by atoms with van der Waals surface area (Å²) < 4.78 is 0. The van der Waals surface area contributed by atoms with Crippen LogP contribution in [0.5, 0.6) is 0 Å². The predicted octanol–water partition coefficient (Wildman–Crippen LogP) is 1.98. The van der Waals surface area contributed by atoms with Gasteiger partial charge in [0.1, 0.15) is 12.1 Å². The number of nitrogens with two attached hydrogens (primary N) is 1. The third kappa shape index (κ3) is 9.92. The normalized spacial score (nSPS) is 17.0. The van der Waals surface area contributed by atoms with Crippen LogP contribution in [0, 0.1) is 11.8 Å². The molecular weight excluding hydrogens is 360 g/mol. The zero-order chi connectivity index (χ0) is 20.9. The number of carboxylic acids is 1. The molecule has 1 aliphatic carbocycles. The van der Waals surface area contributed by atoms with Crippen LogP contribution in [-0.2, 0) is 9.59 Å². The third-order valence-corrected chi connectivity index (χ3v) is 5.24. The van der Waals surface area contributed by atoms with E-state index >= 15 is 0 Å². The first-order valence-electron chi connectivity index (χ1n) is 10.6. The Kier molecular flexibility index (Phi) is 11.6. The highest BCUT2D eigenvalue weighted by molar-refractivity contribution is 5.88. The highest BCUT2D eigenvalue weighted by Crippen LogP contribution is 2.27. The number of nitrogens with one attached hydrogen (secondary N) is 3. The van der Waals surface area contributed by atoms with E-state index in [4.69, 9.17) is 5.73 Å². The lowest BCUT2D eigenvalue weighted by atomic mass is 9.84. The monoisotopic (exact) mass is 398 g/mol. The summed E-state index contributed by atoms with van der Waals surface area (Å²) in [5.41, 5.74) is 5.43. The van der Waals surface area contributed by atoms with Crippen LogP contribution in [0.25, 0.3) is 0 Å². The van der Waals surface area contributed by atoms with Gasteiger partial charge in [-0.05, 0) is 44.1 Å². The van der Waals surface area contributed by atoms with E-state index in [0.29, 0.717) is 37.8 Å². The average Bonchev–Trinajstić information content (AvgIpc) is 2.64. The summed E-state index contributed by atoms with van der Waals surface area (Å²) >= 11 is 0. The molecule has 6 N–H and O–H groups in total. The quantitative estimate of drug-likeness (QED) is 0.343. The van der Waals surface area contributed by atoms with Crippen LogP contribution in [-0.4, -0.2) is 48.2 Å². The average molecular weight is 399 g/mol. The smallest absolute Gasteiger partial charge is 0.326 e. The van der Waals surface area contributed by atoms with Crippen LogP contribution in [0.4, 0.5) is 4.79 Å². The van der Waals surface area contributed by atoms with Crippen molar-refractivity contribution in [2.75, 3.05) is 13.1 Å². The molecule has 0 aliphatic heterocycles. The topological polar surface area (TPSA) is 134 Å². The number of urea groups is 1. The molecular formula is C20H38N4O4. The Labute approximate surface area is 168 Å². The summed E-state index contributed by atoms with van der Waals surface area (Å²) in [4.78, 5) is 36.3. The first kappa shape index (κ1) is 24.2. The van der Waals surface area contributed by atoms with Crippen molar-refractivity contribution in [1.29, 1.82) is 0 Å². The molecule has 0 aromatic rings. The van der Waals surface area contributed by atoms with Gasteiger partial charge in [0.2, 0.25) is 5.91 Å². The van der Waals surface area contributed by atoms with Gasteiger partial charge in [-0.15, -0.1) is 0 Å². The van der Waals surface area contributed by atoms with Gasteiger partial charge in [0.05, 0.1) is 0 Å². The minimum Gasteiger partial charge on any atom is -0.480 e. The van der Waals surface area contributed by atoms with Crippen molar-refractivity contribution < 1.29 is 19.5 Å². The minimum absolute atomic E-state index is 0.199. The summed E-state index contributed by atoms with van der Waals surface area (Å²) in [5.74, 6) is -0.418. The summed E-state index contributed by atoms with van der Waals surface area (Å²) in [5, 5.41) is 17.3. The fraction of sp³-hybridized carbons (Fsp3) is 0.850. The Bertz CT molecular complexity index is 493. The maximum absolute atomic E-state index is 12.6. The van der Waals surface area contributed by atoms with Crippen LogP contribution in [0.1, 0.15) is 71.6 Å². The first-order valence-corrected chi connectivity index (χ1v) is 10.6. The molecule has 2 atom stereocenters. The van der Waals surface area contributed by atoms with Crippen LogP contribution in [0.2, 0.25) is 0 Å². The number of rotatable bonds is 12. The van der Waals surface area contributed by atoms with E-state index in [-0.39, 0.29) is 12.3 Å². The molecule has 0 radical (unpaired) electrons. The van der Waals surface area contributed by atoms with E-state index in [2.05, 4.69) is 29.8 Å². The van der Waals surface area contributed by atoms with Crippen molar-refractivity contribution >= 4 is 17.9 Å². The van der Waals surface area contributed by atoms with Gasteiger partial charge in [0, 0.05) is 6.54 Å². The molecule has 0 aromatic carbocycles. The second-order valence-corrected chi connectivity index (χ2v) is 8.21. The molecule has 28 heavy (non-hydrogen) atoms. The van der Waals surface area contributed by atoms with Crippen molar-refractivity contribution in [3.63, 3.8) is 0 Å². The fourth-order valence-corrected chi connectivity index (χ4v) is 3.53. The van der Waals surface area contributed by atoms with E-state index in [1.54, 1.807) is 0 Å². The van der Waals surface area contributed by atoms with Crippen LogP contribution in [0.3, 0.4) is 0 Å². The van der Waals surface area contributed by atoms with Crippen LogP contribution < -0.4 is 21.7 Å². The fourth-order valence-electron chi connectivity index (χ4n) is 3.53. The second-order valence-electron chi connectivity index (χ2n) is 8.21. The molecule has 3 amide bonds. The Hall–Kier alpha value is -1.83. The minimum atomic E-state index is -1.10. The molecule has 0 bridgehead atoms. The van der Waals surface area contributed by atoms with E-state index in [1.807, 2.05) is 0 Å². The van der Waals surface area contributed by atoms with Crippen molar-refractivity contribution in [1.82, 2.24) is 16.0 Å². The number of hydrogen-bond acceptors (Lipinski definition) is 4. The summed E-state index contributed by atoms with van der Waals surface area (Å²) in [6.45, 7) is 5.10. The molecule has 1 saturated carbocycles. The molecule has 1 aliphatic rings. The Morgan fingerprint density at radius 1 is 1.04 bits per heavy atom. The van der Waals surface area contributed by atoms with E-state index < -0.39 is 24.1 Å². The summed E-state index contributed by atoms with van der Waals surface area (Å²) in [6, 6.07) is -2.29. The number of carboxylic acid groups (broad SMARTS) is 1. The highest BCUT2D eigenvalue weighted by atomic mass is 16.4. The lowest BCUT2D eigenvalue weighted by Gasteiger charge is -2.27. The summed E-state index contributed by atoms with van der Waals surface area (Å²) in [6.07, 6.45) is 7.86. The molecule has 0 unspecified atom stereocenters. The molecule has 1 fully saturated rings. The van der Waals surface area contributed by atoms with Crippen molar-refractivity contribution in [2.45, 2.75) is 83.7 Å². The summed E-state index contributed by atoms with van der Waals surface area (Å²) in [7, 11) is 0. The molecule has 0 spiro atoms. The maximum Gasteiger partial charge on any atom is 0.326 e. The van der Waals surface area contributed by atoms with Crippen molar-refractivity contribution in [3.8, 4) is 0 Å². The van der Waals surface area contributed by atoms with Gasteiger partial charge in [0.15, 0.2) is 0 Å². The zero-order valence-corrected chi connectivity index (χ0v) is 17.3. The molecule has 162 valence electrons. The number of carbonyl (C=O) groups excluding carboxylic acids is 2. The predicted molar refractivity (Wildman–Crippen MR) is 109 cm³/mol. The maximum atomic E-state index is 12.6. The van der Waals surface area contributed by atoms with E-state index in [1.165, 1.54) is 6.42 Å². The highest BCUT2D eigenvalue weighted by Gasteiger charge is 2.27. The number of carbonyl (C=O) groups is 3. The molecule has 0 aromatic heterocycles. The lowest BCUT2D eigenvalue weighted by Crippen LogP contribution is -2.54. The van der Waals surface area contributed by atoms with Gasteiger partial charge in [-0.2, -0.15) is 0 Å². The van der Waals surface area contributed by atoms with Gasteiger partial charge >= 0.3 is 12.0 Å². The Morgan fingerprint density at radius 2 is 1.68 bits per heavy atom. The van der Waals surface area contributed by atoms with Gasteiger partial charge in [-0.3, -0.25) is 4.79 Å². The van der Waals surface area contributed by atoms with Gasteiger partial charge < -0.3 is 26.8 Å². The van der Waals surface area contributed by atoms with Crippen LogP contribution in [0.15, 0.2) is 0 Å². The Morgan fingerprint density at radius 3 is 2.25 bits per heavy atom. The SMILES string of the molecule is CC(C)CCNC(=O)[C@@H](CC1CCCCC1)NC(=O)N[C@@H](CCCN)C(=O)O. The zero-order valence-electron chi connectivity index (χ0n) is 17.3. The van der Waals surface area contributed by atoms with Crippen molar-refractivity contribution in [3.05, 3.63) is 0 Å². The van der Waals surface area contributed by atoms with Gasteiger partial charge in [-0.1, -0.05) is 46.0 Å². The molecule has 8 heteroatoms. The van der Waals surface area contributed by atoms with Crippen LogP contribution >= 0.6 is 0 Å². The standard InChI is InChI=1S/C20H38N4O4/c1-14(2)10-12-22-18(25)17(13-15-7-4-3-5-8-15)24-20(28)23-16(19(26)27)9-6-11-21/h14-17H,3-13,21H2,1-2H3,(H,22,25)(H,26,27)(H2,23,24,28)/t16-,17+/m0/s1. The van der Waals surface area contributed by atoms with Gasteiger partial charge in [0.25, 0.3) is 0 Å². The molecule has 0 saturated heterocycles. The van der Waals surface area contributed by atoms with E-state index in [9.17, 15) is 19.5 Å². The number of aliphatic carboxylic acids is 1. The van der Waals surface area contributed by atoms with Crippen molar-refractivity contribution in [2.24, 2.45) is 17.6 Å². The second kappa shape index (κ2) is 13.4. The van der Waals surface area contributed by atoms with E-state index in [0.717, 1.165) is 32.1 Å². The first-order chi connectivity index (χ1) is 13.3. The lowest BCUT2D eigenvalue weighted by molar-refractivity contribution is -0.139. The Balaban J connectivity index is 2.66.